The van der Waals surface area contributed by atoms with Gasteiger partial charge in [0, 0.05) is 5.69 Å². The Morgan fingerprint density at radius 1 is 1.39 bits per heavy atom. The monoisotopic (exact) mass is 263 g/mol. The topological polar surface area (TPSA) is 61.5 Å². The first kappa shape index (κ1) is 14.1. The molecule has 0 saturated heterocycles. The molecule has 0 fully saturated rings. The molecule has 0 heterocycles. The van der Waals surface area contributed by atoms with Gasteiger partial charge in [-0.05, 0) is 18.2 Å². The van der Waals surface area contributed by atoms with Crippen molar-refractivity contribution in [1.82, 2.24) is 0 Å². The molecule has 0 atom stereocenters. The van der Waals surface area contributed by atoms with Gasteiger partial charge in [0.2, 0.25) is 0 Å². The minimum atomic E-state index is -4.36. The molecule has 4 nitrogen and oxygen atoms in total. The number of rotatable bonds is 4. The molecule has 0 spiro atoms. The van der Waals surface area contributed by atoms with Crippen molar-refractivity contribution in [1.29, 1.82) is 0 Å². The normalized spacial score (nSPS) is 11.1. The van der Waals surface area contributed by atoms with E-state index in [-0.39, 0.29) is 11.3 Å². The highest BCUT2D eigenvalue weighted by Crippen LogP contribution is 2.22. The van der Waals surface area contributed by atoms with Gasteiger partial charge >= 0.3 is 12.1 Å². The maximum absolute atomic E-state index is 11.9. The highest BCUT2D eigenvalue weighted by atomic mass is 19.4. The molecule has 0 aliphatic heterocycles. The first-order valence-corrected chi connectivity index (χ1v) is 5.01. The molecule has 1 aromatic rings. The van der Waals surface area contributed by atoms with E-state index in [1.165, 1.54) is 25.3 Å². The van der Waals surface area contributed by atoms with E-state index in [1.54, 1.807) is 0 Å². The fourth-order valence-electron chi connectivity index (χ4n) is 1.18. The van der Waals surface area contributed by atoms with Crippen LogP contribution in [0.4, 0.5) is 18.9 Å². The van der Waals surface area contributed by atoms with Gasteiger partial charge in [0.05, 0.1) is 19.1 Å². The van der Waals surface area contributed by atoms with E-state index < -0.39 is 25.2 Å². The number of ether oxygens (including phenoxy) is 2. The predicted molar refractivity (Wildman–Crippen MR) is 58.4 cm³/mol. The highest BCUT2D eigenvalue weighted by Gasteiger charge is 2.27. The van der Waals surface area contributed by atoms with Crippen LogP contribution >= 0.6 is 0 Å². The number of nitrogen functional groups attached to an aromatic ring is 1. The Bertz CT molecular complexity index is 432. The molecule has 0 aliphatic carbocycles. The van der Waals surface area contributed by atoms with Crippen molar-refractivity contribution in [2.45, 2.75) is 12.6 Å². The Balaban J connectivity index is 2.66. The van der Waals surface area contributed by atoms with E-state index in [9.17, 15) is 18.0 Å². The number of carbonyl (C=O) groups excluding carboxylic acids is 1. The smallest absolute Gasteiger partial charge is 0.392 e. The molecule has 2 N–H and O–H groups in total. The number of hydrogen-bond donors (Lipinski definition) is 1. The van der Waals surface area contributed by atoms with Gasteiger partial charge in [0.1, 0.15) is 12.4 Å². The van der Waals surface area contributed by atoms with Gasteiger partial charge in [-0.25, -0.2) is 4.79 Å². The lowest BCUT2D eigenvalue weighted by Gasteiger charge is -2.09. The van der Waals surface area contributed by atoms with Crippen LogP contribution in [0.5, 0.6) is 5.75 Å². The summed E-state index contributed by atoms with van der Waals surface area (Å²) in [5, 5.41) is 0. The van der Waals surface area contributed by atoms with Gasteiger partial charge in [-0.2, -0.15) is 13.2 Å². The first-order chi connectivity index (χ1) is 8.33. The fourth-order valence-corrected chi connectivity index (χ4v) is 1.18. The minimum Gasteiger partial charge on any atom is -0.497 e. The molecule has 18 heavy (non-hydrogen) atoms. The van der Waals surface area contributed by atoms with Crippen LogP contribution < -0.4 is 10.5 Å². The van der Waals surface area contributed by atoms with Crippen LogP contribution in [-0.4, -0.2) is 25.9 Å². The number of carbonyl (C=O) groups is 1. The molecule has 0 aliphatic rings. The molecule has 7 heteroatoms. The summed E-state index contributed by atoms with van der Waals surface area (Å²) in [5.41, 5.74) is 5.63. The number of nitrogens with two attached hydrogens (primary N) is 1. The van der Waals surface area contributed by atoms with Gasteiger partial charge < -0.3 is 15.2 Å². The Kier molecular flexibility index (Phi) is 4.41. The van der Waals surface area contributed by atoms with E-state index >= 15 is 0 Å². The van der Waals surface area contributed by atoms with E-state index in [4.69, 9.17) is 10.5 Å². The van der Waals surface area contributed by atoms with Crippen LogP contribution in [0.15, 0.2) is 18.2 Å². The molecule has 0 unspecified atom stereocenters. The van der Waals surface area contributed by atoms with Crippen LogP contribution in [0, 0.1) is 0 Å². The van der Waals surface area contributed by atoms with Gasteiger partial charge in [-0.1, -0.05) is 0 Å². The second-order valence-corrected chi connectivity index (χ2v) is 3.45. The van der Waals surface area contributed by atoms with Gasteiger partial charge in [-0.3, -0.25) is 0 Å². The molecule has 1 aromatic carbocycles. The number of alkyl halides is 3. The first-order valence-electron chi connectivity index (χ1n) is 5.01. The standard InChI is InChI=1S/C11H12F3NO3/c1-17-7-2-3-9(15)8(6-7)10(16)18-5-4-11(12,13)14/h2-3,6H,4-5,15H2,1H3. The lowest BCUT2D eigenvalue weighted by molar-refractivity contribution is -0.141. The molecular weight excluding hydrogens is 251 g/mol. The van der Waals surface area contributed by atoms with Crippen molar-refractivity contribution in [2.75, 3.05) is 19.5 Å². The number of benzene rings is 1. The second-order valence-electron chi connectivity index (χ2n) is 3.45. The third kappa shape index (κ3) is 4.15. The Hall–Kier alpha value is -1.92. The van der Waals surface area contributed by atoms with E-state index in [2.05, 4.69) is 4.74 Å². The number of halogens is 3. The molecule has 0 aromatic heterocycles. The summed E-state index contributed by atoms with van der Waals surface area (Å²) in [6.45, 7) is -0.737. The summed E-state index contributed by atoms with van der Waals surface area (Å²) in [6, 6.07) is 4.26. The second kappa shape index (κ2) is 5.61. The summed E-state index contributed by atoms with van der Waals surface area (Å²) < 4.78 is 45.0. The van der Waals surface area contributed by atoms with Crippen LogP contribution in [0.2, 0.25) is 0 Å². The summed E-state index contributed by atoms with van der Waals surface area (Å²) in [6.07, 6.45) is -5.55. The lowest BCUT2D eigenvalue weighted by atomic mass is 10.2. The van der Waals surface area contributed by atoms with Crippen molar-refractivity contribution in [3.8, 4) is 5.75 Å². The zero-order valence-corrected chi connectivity index (χ0v) is 9.58. The molecule has 0 radical (unpaired) electrons. The van der Waals surface area contributed by atoms with Crippen molar-refractivity contribution >= 4 is 11.7 Å². The molecule has 1 rings (SSSR count). The maximum Gasteiger partial charge on any atom is 0.392 e. The number of methoxy groups -OCH3 is 1. The van der Waals surface area contributed by atoms with Gasteiger partial charge in [0.25, 0.3) is 0 Å². The van der Waals surface area contributed by atoms with Crippen LogP contribution in [0.3, 0.4) is 0 Å². The number of esters is 1. The summed E-state index contributed by atoms with van der Waals surface area (Å²) >= 11 is 0. The predicted octanol–water partition coefficient (Wildman–Crippen LogP) is 2.39. The largest absolute Gasteiger partial charge is 0.497 e. The quantitative estimate of drug-likeness (QED) is 0.669. The average Bonchev–Trinajstić information content (AvgIpc) is 2.27. The average molecular weight is 263 g/mol. The van der Waals surface area contributed by atoms with Crippen molar-refractivity contribution < 1.29 is 27.4 Å². The maximum atomic E-state index is 11.9. The van der Waals surface area contributed by atoms with Gasteiger partial charge in [0.15, 0.2) is 0 Å². The summed E-state index contributed by atoms with van der Waals surface area (Å²) in [7, 11) is 1.39. The zero-order valence-electron chi connectivity index (χ0n) is 9.58. The molecule has 0 bridgehead atoms. The lowest BCUT2D eigenvalue weighted by Crippen LogP contribution is -2.15. The Morgan fingerprint density at radius 2 is 2.06 bits per heavy atom. The summed E-state index contributed by atoms with van der Waals surface area (Å²) in [5.74, 6) is -0.539. The zero-order chi connectivity index (χ0) is 13.8. The highest BCUT2D eigenvalue weighted by molar-refractivity contribution is 5.95. The van der Waals surface area contributed by atoms with E-state index in [1.807, 2.05) is 0 Å². The van der Waals surface area contributed by atoms with E-state index in [0.717, 1.165) is 0 Å². The van der Waals surface area contributed by atoms with Crippen molar-refractivity contribution in [2.24, 2.45) is 0 Å². The Labute approximate surface area is 101 Å². The Morgan fingerprint density at radius 3 is 2.61 bits per heavy atom. The summed E-state index contributed by atoms with van der Waals surface area (Å²) in [4.78, 5) is 11.5. The fraction of sp³-hybridized carbons (Fsp3) is 0.364. The third-order valence-corrected chi connectivity index (χ3v) is 2.10. The molecule has 0 amide bonds. The van der Waals surface area contributed by atoms with E-state index in [0.29, 0.717) is 5.75 Å². The minimum absolute atomic E-state index is 0.0171. The van der Waals surface area contributed by atoms with Gasteiger partial charge in [-0.15, -0.1) is 0 Å². The van der Waals surface area contributed by atoms with Crippen LogP contribution in [0.25, 0.3) is 0 Å². The van der Waals surface area contributed by atoms with Crippen LogP contribution in [0.1, 0.15) is 16.8 Å². The van der Waals surface area contributed by atoms with Crippen LogP contribution in [-0.2, 0) is 4.74 Å². The van der Waals surface area contributed by atoms with Crippen molar-refractivity contribution in [3.63, 3.8) is 0 Å². The molecule has 0 saturated carbocycles. The third-order valence-electron chi connectivity index (χ3n) is 2.10. The molecular formula is C11H12F3NO3. The SMILES string of the molecule is COc1ccc(N)c(C(=O)OCCC(F)(F)F)c1. The van der Waals surface area contributed by atoms with Crippen molar-refractivity contribution in [3.05, 3.63) is 23.8 Å². The number of hydrogen-bond acceptors (Lipinski definition) is 4. The molecule has 100 valence electrons. The number of anilines is 1.